The lowest BCUT2D eigenvalue weighted by Gasteiger charge is -2.23. The van der Waals surface area contributed by atoms with Crippen molar-refractivity contribution in [3.63, 3.8) is 0 Å². The van der Waals surface area contributed by atoms with Crippen molar-refractivity contribution >= 4 is 34.2 Å². The number of halogens is 2. The number of hydrogen-bond donors (Lipinski definition) is 3. The van der Waals surface area contributed by atoms with E-state index in [1.54, 1.807) is 0 Å². The lowest BCUT2D eigenvalue weighted by Crippen LogP contribution is -2.38. The summed E-state index contributed by atoms with van der Waals surface area (Å²) in [4.78, 5) is 0. The highest BCUT2D eigenvalue weighted by Gasteiger charge is 2.14. The van der Waals surface area contributed by atoms with E-state index in [-0.39, 0.29) is 0 Å². The van der Waals surface area contributed by atoms with Gasteiger partial charge in [-0.2, -0.15) is 0 Å². The van der Waals surface area contributed by atoms with Crippen LogP contribution in [0.2, 0.25) is 5.02 Å². The van der Waals surface area contributed by atoms with Crippen LogP contribution in [-0.4, -0.2) is 41.3 Å². The molecular formula is C23H30ClIN2O2. The molecule has 0 aliphatic carbocycles. The molecule has 1 saturated heterocycles. The van der Waals surface area contributed by atoms with E-state index in [1.165, 1.54) is 24.8 Å². The molecule has 158 valence electrons. The number of alkyl halides is 1. The fourth-order valence-electron chi connectivity index (χ4n) is 3.56. The van der Waals surface area contributed by atoms with Crippen molar-refractivity contribution in [3.8, 4) is 5.75 Å². The molecule has 6 heteroatoms. The van der Waals surface area contributed by atoms with Crippen LogP contribution in [0.1, 0.15) is 36.5 Å². The largest absolute Gasteiger partial charge is 0.492 e. The van der Waals surface area contributed by atoms with E-state index < -0.39 is 6.10 Å². The number of piperidine rings is 1. The molecule has 3 atom stereocenters. The van der Waals surface area contributed by atoms with E-state index >= 15 is 0 Å². The quantitative estimate of drug-likeness (QED) is 0.313. The van der Waals surface area contributed by atoms with Gasteiger partial charge in [-0.1, -0.05) is 64.9 Å². The van der Waals surface area contributed by atoms with Gasteiger partial charge >= 0.3 is 0 Å². The Morgan fingerprint density at radius 2 is 2.03 bits per heavy atom. The van der Waals surface area contributed by atoms with Crippen molar-refractivity contribution in [2.75, 3.05) is 24.1 Å². The van der Waals surface area contributed by atoms with Gasteiger partial charge in [0.2, 0.25) is 0 Å². The first kappa shape index (κ1) is 22.8. The van der Waals surface area contributed by atoms with Gasteiger partial charge in [-0.3, -0.25) is 0 Å². The zero-order valence-electron chi connectivity index (χ0n) is 16.6. The van der Waals surface area contributed by atoms with Gasteiger partial charge in [-0.25, -0.2) is 0 Å². The first-order valence-electron chi connectivity index (χ1n) is 10.3. The van der Waals surface area contributed by atoms with E-state index in [0.29, 0.717) is 23.7 Å². The summed E-state index contributed by atoms with van der Waals surface area (Å²) in [5.74, 6) is 0.927. The summed E-state index contributed by atoms with van der Waals surface area (Å²) in [6.45, 7) is 2.34. The maximum atomic E-state index is 10.4. The molecule has 1 fully saturated rings. The number of rotatable bonds is 10. The summed E-state index contributed by atoms with van der Waals surface area (Å²) >= 11 is 8.41. The smallest absolute Gasteiger partial charge is 0.119 e. The molecule has 0 saturated carbocycles. The lowest BCUT2D eigenvalue weighted by molar-refractivity contribution is 0.171. The second kappa shape index (κ2) is 12.1. The van der Waals surface area contributed by atoms with Gasteiger partial charge in [0.15, 0.2) is 0 Å². The highest BCUT2D eigenvalue weighted by molar-refractivity contribution is 14.1. The van der Waals surface area contributed by atoms with Gasteiger partial charge in [0.25, 0.3) is 0 Å². The van der Waals surface area contributed by atoms with Crippen molar-refractivity contribution < 1.29 is 9.84 Å². The van der Waals surface area contributed by atoms with Crippen molar-refractivity contribution in [2.24, 2.45) is 0 Å². The van der Waals surface area contributed by atoms with Crippen LogP contribution in [-0.2, 0) is 6.42 Å². The molecular weight excluding hydrogens is 499 g/mol. The normalized spacial score (nSPS) is 18.9. The van der Waals surface area contributed by atoms with Crippen LogP contribution in [0.15, 0.2) is 48.5 Å². The van der Waals surface area contributed by atoms with E-state index in [0.717, 1.165) is 35.3 Å². The molecule has 4 nitrogen and oxygen atoms in total. The number of aliphatic hydroxyl groups excluding tert-OH is 1. The molecule has 2 aromatic rings. The number of benzene rings is 2. The molecule has 2 aromatic carbocycles. The Morgan fingerprint density at radius 1 is 1.21 bits per heavy atom. The predicted molar refractivity (Wildman–Crippen MR) is 128 cm³/mol. The average Bonchev–Trinajstić information content (AvgIpc) is 2.76. The summed E-state index contributed by atoms with van der Waals surface area (Å²) in [5.41, 5.74) is 2.10. The second-order valence-corrected chi connectivity index (χ2v) is 8.95. The van der Waals surface area contributed by atoms with Gasteiger partial charge in [0.1, 0.15) is 12.4 Å². The SMILES string of the molecule is OC(CNC(CI)Cc1ccc(OCC2CCCCN2)cc1)c1cccc(Cl)c1. The van der Waals surface area contributed by atoms with Crippen LogP contribution in [0.3, 0.4) is 0 Å². The summed E-state index contributed by atoms with van der Waals surface area (Å²) in [6, 6.07) is 16.6. The Kier molecular flexibility index (Phi) is 9.52. The molecule has 3 rings (SSSR count). The predicted octanol–water partition coefficient (Wildman–Crippen LogP) is 4.53. The van der Waals surface area contributed by atoms with Crippen LogP contribution < -0.4 is 15.4 Å². The minimum absolute atomic E-state index is 0.294. The highest BCUT2D eigenvalue weighted by atomic mass is 127. The fourth-order valence-corrected chi connectivity index (χ4v) is 4.38. The van der Waals surface area contributed by atoms with Crippen molar-refractivity contribution in [2.45, 2.75) is 43.9 Å². The third-order valence-electron chi connectivity index (χ3n) is 5.29. The first-order valence-corrected chi connectivity index (χ1v) is 12.2. The maximum Gasteiger partial charge on any atom is 0.119 e. The van der Waals surface area contributed by atoms with E-state index in [9.17, 15) is 5.11 Å². The lowest BCUT2D eigenvalue weighted by atomic mass is 10.1. The molecule has 0 spiro atoms. The zero-order chi connectivity index (χ0) is 20.5. The standard InChI is InChI=1S/C23H30ClIN2O2/c24-19-5-3-4-18(13-19)23(28)15-27-21(14-25)12-17-7-9-22(10-8-17)29-16-20-6-1-2-11-26-20/h3-5,7-10,13,20-21,23,26-28H,1-2,6,11-12,14-16H2. The number of nitrogens with one attached hydrogen (secondary N) is 2. The van der Waals surface area contributed by atoms with Gasteiger partial charge in [0, 0.05) is 28.1 Å². The molecule has 0 amide bonds. The zero-order valence-corrected chi connectivity index (χ0v) is 19.5. The molecule has 0 radical (unpaired) electrons. The van der Waals surface area contributed by atoms with Crippen LogP contribution in [0.4, 0.5) is 0 Å². The molecule has 29 heavy (non-hydrogen) atoms. The monoisotopic (exact) mass is 528 g/mol. The molecule has 1 aliphatic heterocycles. The van der Waals surface area contributed by atoms with Crippen LogP contribution >= 0.6 is 34.2 Å². The molecule has 1 aliphatic rings. The minimum atomic E-state index is -0.566. The molecule has 3 unspecified atom stereocenters. The topological polar surface area (TPSA) is 53.5 Å². The third kappa shape index (κ3) is 7.72. The third-order valence-corrected chi connectivity index (χ3v) is 6.59. The number of hydrogen-bond acceptors (Lipinski definition) is 4. The van der Waals surface area contributed by atoms with Gasteiger partial charge in [-0.05, 0) is 61.2 Å². The van der Waals surface area contributed by atoms with Gasteiger partial charge < -0.3 is 20.5 Å². The van der Waals surface area contributed by atoms with E-state index in [2.05, 4.69) is 57.5 Å². The van der Waals surface area contributed by atoms with Crippen molar-refractivity contribution in [1.29, 1.82) is 0 Å². The summed E-state index contributed by atoms with van der Waals surface area (Å²) < 4.78 is 6.91. The van der Waals surface area contributed by atoms with Gasteiger partial charge in [0.05, 0.1) is 6.10 Å². The summed E-state index contributed by atoms with van der Waals surface area (Å²) in [6.07, 6.45) is 4.10. The molecule has 0 bridgehead atoms. The highest BCUT2D eigenvalue weighted by Crippen LogP contribution is 2.19. The summed E-state index contributed by atoms with van der Waals surface area (Å²) in [7, 11) is 0. The Bertz CT molecular complexity index is 738. The Labute approximate surface area is 192 Å². The maximum absolute atomic E-state index is 10.4. The Morgan fingerprint density at radius 3 is 2.72 bits per heavy atom. The Hall–Kier alpha value is -0.860. The van der Waals surface area contributed by atoms with Crippen LogP contribution in [0.25, 0.3) is 0 Å². The molecule has 0 aromatic heterocycles. The first-order chi connectivity index (χ1) is 14.1. The van der Waals surface area contributed by atoms with Crippen molar-refractivity contribution in [1.82, 2.24) is 10.6 Å². The van der Waals surface area contributed by atoms with Crippen molar-refractivity contribution in [3.05, 3.63) is 64.7 Å². The minimum Gasteiger partial charge on any atom is -0.492 e. The van der Waals surface area contributed by atoms with Crippen LogP contribution in [0.5, 0.6) is 5.75 Å². The second-order valence-electron chi connectivity index (χ2n) is 7.64. The molecule has 3 N–H and O–H groups in total. The van der Waals surface area contributed by atoms with Gasteiger partial charge in [-0.15, -0.1) is 0 Å². The van der Waals surface area contributed by atoms with E-state index in [4.69, 9.17) is 16.3 Å². The Balaban J connectivity index is 1.44. The number of aliphatic hydroxyl groups is 1. The van der Waals surface area contributed by atoms with E-state index in [1.807, 2.05) is 24.3 Å². The average molecular weight is 529 g/mol. The number of ether oxygens (including phenoxy) is 1. The van der Waals surface area contributed by atoms with Crippen LogP contribution in [0, 0.1) is 0 Å². The summed E-state index contributed by atoms with van der Waals surface area (Å²) in [5, 5.41) is 18.0. The molecule has 1 heterocycles. The fraction of sp³-hybridized carbons (Fsp3) is 0.478.